The van der Waals surface area contributed by atoms with Crippen molar-refractivity contribution in [1.82, 2.24) is 10.2 Å². The number of carbonyl (C=O) groups is 2. The van der Waals surface area contributed by atoms with E-state index in [4.69, 9.17) is 4.74 Å². The van der Waals surface area contributed by atoms with Crippen LogP contribution in [0.3, 0.4) is 0 Å². The molecule has 1 aliphatic rings. The van der Waals surface area contributed by atoms with Gasteiger partial charge in [0.1, 0.15) is 6.04 Å². The summed E-state index contributed by atoms with van der Waals surface area (Å²) in [6.45, 7) is 4.57. The topological polar surface area (TPSA) is 78.9 Å². The molecule has 0 aromatic rings. The van der Waals surface area contributed by atoms with E-state index in [0.29, 0.717) is 19.6 Å². The zero-order chi connectivity index (χ0) is 14.5. The van der Waals surface area contributed by atoms with E-state index in [9.17, 15) is 14.7 Å². The third-order valence-corrected chi connectivity index (χ3v) is 3.25. The van der Waals surface area contributed by atoms with Gasteiger partial charge < -0.3 is 20.1 Å². The number of nitrogens with zero attached hydrogens (tertiary/aromatic N) is 1. The molecule has 0 spiro atoms. The van der Waals surface area contributed by atoms with Crippen molar-refractivity contribution in [2.45, 2.75) is 51.1 Å². The lowest BCUT2D eigenvalue weighted by Gasteiger charge is -2.32. The maximum atomic E-state index is 12.3. The first kappa shape index (κ1) is 15.8. The highest BCUT2D eigenvalue weighted by molar-refractivity contribution is 5.83. The fourth-order valence-electron chi connectivity index (χ4n) is 2.37. The molecule has 0 radical (unpaired) electrons. The Morgan fingerprint density at radius 1 is 1.37 bits per heavy atom. The Balaban J connectivity index is 2.73. The quantitative estimate of drug-likeness (QED) is 0.812. The fraction of sp³-hybridized carbons (Fsp3) is 0.846. The van der Waals surface area contributed by atoms with Gasteiger partial charge in [0.05, 0.1) is 12.1 Å². The average Bonchev–Trinajstić information content (AvgIpc) is 2.52. The molecule has 1 unspecified atom stereocenters. The Kier molecular flexibility index (Phi) is 5.60. The first-order valence-electron chi connectivity index (χ1n) is 6.68. The van der Waals surface area contributed by atoms with Crippen molar-refractivity contribution in [2.75, 3.05) is 20.3 Å². The Morgan fingerprint density at radius 2 is 2.05 bits per heavy atom. The largest absolute Gasteiger partial charge is 0.480 e. The molecule has 1 saturated heterocycles. The van der Waals surface area contributed by atoms with Gasteiger partial charge in [-0.2, -0.15) is 0 Å². The molecule has 6 nitrogen and oxygen atoms in total. The lowest BCUT2D eigenvalue weighted by atomic mass is 10.1. The molecule has 0 aliphatic carbocycles. The number of carboxylic acid groups (broad SMARTS) is 1. The molecule has 1 heterocycles. The van der Waals surface area contributed by atoms with Gasteiger partial charge in [0, 0.05) is 13.7 Å². The van der Waals surface area contributed by atoms with Crippen molar-refractivity contribution in [3.63, 3.8) is 0 Å². The van der Waals surface area contributed by atoms with Crippen LogP contribution in [0.2, 0.25) is 0 Å². The number of ether oxygens (including phenoxy) is 1. The molecule has 2 N–H and O–H groups in total. The van der Waals surface area contributed by atoms with E-state index < -0.39 is 17.6 Å². The first-order chi connectivity index (χ1) is 8.87. The maximum Gasteiger partial charge on any atom is 0.326 e. The molecule has 1 fully saturated rings. The number of aliphatic carboxylic acids is 1. The van der Waals surface area contributed by atoms with Gasteiger partial charge in [0.2, 0.25) is 0 Å². The van der Waals surface area contributed by atoms with E-state index >= 15 is 0 Å². The zero-order valence-corrected chi connectivity index (χ0v) is 11.9. The SMILES string of the molecule is COCC(C)(C)NC(=O)N1CCCCCC1C(=O)O. The summed E-state index contributed by atoms with van der Waals surface area (Å²) in [7, 11) is 1.57. The summed E-state index contributed by atoms with van der Waals surface area (Å²) in [5, 5.41) is 12.1. The Bertz CT molecular complexity index is 331. The van der Waals surface area contributed by atoms with Gasteiger partial charge in [0.15, 0.2) is 0 Å². The predicted octanol–water partition coefficient (Wildman–Crippen LogP) is 1.45. The van der Waals surface area contributed by atoms with E-state index in [1.54, 1.807) is 7.11 Å². The zero-order valence-electron chi connectivity index (χ0n) is 11.9. The molecule has 110 valence electrons. The van der Waals surface area contributed by atoms with Crippen molar-refractivity contribution in [2.24, 2.45) is 0 Å². The number of nitrogens with one attached hydrogen (secondary N) is 1. The molecule has 0 aromatic heterocycles. The molecule has 0 saturated carbocycles. The number of hydrogen-bond acceptors (Lipinski definition) is 3. The monoisotopic (exact) mass is 272 g/mol. The predicted molar refractivity (Wildman–Crippen MR) is 71.1 cm³/mol. The van der Waals surface area contributed by atoms with Crippen molar-refractivity contribution in [3.05, 3.63) is 0 Å². The highest BCUT2D eigenvalue weighted by atomic mass is 16.5. The van der Waals surface area contributed by atoms with E-state index in [-0.39, 0.29) is 6.03 Å². The van der Waals surface area contributed by atoms with Crippen LogP contribution in [-0.2, 0) is 9.53 Å². The van der Waals surface area contributed by atoms with Gasteiger partial charge in [-0.15, -0.1) is 0 Å². The molecular formula is C13H24N2O4. The smallest absolute Gasteiger partial charge is 0.326 e. The number of methoxy groups -OCH3 is 1. The van der Waals surface area contributed by atoms with E-state index in [0.717, 1.165) is 19.3 Å². The second kappa shape index (κ2) is 6.75. The minimum absolute atomic E-state index is 0.323. The molecule has 6 heteroatoms. The molecule has 1 aliphatic heterocycles. The molecule has 1 rings (SSSR count). The van der Waals surface area contributed by atoms with Crippen LogP contribution in [0.4, 0.5) is 4.79 Å². The number of carboxylic acids is 1. The minimum Gasteiger partial charge on any atom is -0.480 e. The summed E-state index contributed by atoms with van der Waals surface area (Å²) in [6.07, 6.45) is 3.19. The van der Waals surface area contributed by atoms with Crippen molar-refractivity contribution in [1.29, 1.82) is 0 Å². The Hall–Kier alpha value is -1.30. The summed E-state index contributed by atoms with van der Waals surface area (Å²) in [6, 6.07) is -1.04. The Morgan fingerprint density at radius 3 is 2.63 bits per heavy atom. The van der Waals surface area contributed by atoms with Crippen LogP contribution in [0, 0.1) is 0 Å². The van der Waals surface area contributed by atoms with Gasteiger partial charge in [-0.3, -0.25) is 0 Å². The van der Waals surface area contributed by atoms with Crippen LogP contribution in [0.5, 0.6) is 0 Å². The number of likely N-dealkylation sites (tertiary alicyclic amines) is 1. The maximum absolute atomic E-state index is 12.3. The fourth-order valence-corrected chi connectivity index (χ4v) is 2.37. The average molecular weight is 272 g/mol. The third kappa shape index (κ3) is 4.70. The summed E-state index contributed by atoms with van der Waals surface area (Å²) >= 11 is 0. The minimum atomic E-state index is -0.929. The van der Waals surface area contributed by atoms with E-state index in [1.807, 2.05) is 13.8 Å². The van der Waals surface area contributed by atoms with Crippen molar-refractivity contribution < 1.29 is 19.4 Å². The molecule has 19 heavy (non-hydrogen) atoms. The van der Waals surface area contributed by atoms with E-state index in [1.165, 1.54) is 4.90 Å². The standard InChI is InChI=1S/C13H24N2O4/c1-13(2,9-19-3)14-12(18)15-8-6-4-5-7-10(15)11(16)17/h10H,4-9H2,1-3H3,(H,14,18)(H,16,17). The van der Waals surface area contributed by atoms with Gasteiger partial charge in [-0.1, -0.05) is 12.8 Å². The molecule has 0 aromatic carbocycles. The van der Waals surface area contributed by atoms with Crippen LogP contribution in [0.25, 0.3) is 0 Å². The Labute approximate surface area is 114 Å². The lowest BCUT2D eigenvalue weighted by molar-refractivity contribution is -0.142. The second-order valence-electron chi connectivity index (χ2n) is 5.64. The lowest BCUT2D eigenvalue weighted by Crippen LogP contribution is -2.56. The highest BCUT2D eigenvalue weighted by Gasteiger charge is 2.33. The first-order valence-corrected chi connectivity index (χ1v) is 6.68. The van der Waals surface area contributed by atoms with Gasteiger partial charge in [-0.05, 0) is 26.7 Å². The summed E-state index contributed by atoms with van der Waals surface area (Å²) in [5.74, 6) is -0.929. The molecule has 1 atom stereocenters. The number of hydrogen-bond donors (Lipinski definition) is 2. The van der Waals surface area contributed by atoms with Gasteiger partial charge in [0.25, 0.3) is 0 Å². The number of rotatable bonds is 4. The summed E-state index contributed by atoms with van der Waals surface area (Å²) in [5.41, 5.74) is -0.513. The van der Waals surface area contributed by atoms with E-state index in [2.05, 4.69) is 5.32 Å². The highest BCUT2D eigenvalue weighted by Crippen LogP contribution is 2.18. The number of amides is 2. The van der Waals surface area contributed by atoms with Crippen LogP contribution < -0.4 is 5.32 Å². The molecular weight excluding hydrogens is 248 g/mol. The number of carbonyl (C=O) groups excluding carboxylic acids is 1. The molecule has 0 bridgehead atoms. The van der Waals surface area contributed by atoms with Crippen LogP contribution in [0.1, 0.15) is 39.5 Å². The second-order valence-corrected chi connectivity index (χ2v) is 5.64. The van der Waals surface area contributed by atoms with Crippen LogP contribution >= 0.6 is 0 Å². The van der Waals surface area contributed by atoms with Crippen molar-refractivity contribution in [3.8, 4) is 0 Å². The summed E-state index contributed by atoms with van der Waals surface area (Å²) in [4.78, 5) is 25.0. The van der Waals surface area contributed by atoms with Gasteiger partial charge in [-0.25, -0.2) is 9.59 Å². The van der Waals surface area contributed by atoms with Crippen molar-refractivity contribution >= 4 is 12.0 Å². The number of urea groups is 1. The van der Waals surface area contributed by atoms with Gasteiger partial charge >= 0.3 is 12.0 Å². The third-order valence-electron chi connectivity index (χ3n) is 3.25. The summed E-state index contributed by atoms with van der Waals surface area (Å²) < 4.78 is 5.04. The normalized spacial score (nSPS) is 20.8. The van der Waals surface area contributed by atoms with Crippen LogP contribution in [-0.4, -0.2) is 53.8 Å². The van der Waals surface area contributed by atoms with Crippen LogP contribution in [0.15, 0.2) is 0 Å². The molecule has 2 amide bonds.